The second-order valence-corrected chi connectivity index (χ2v) is 6.93. The number of hydrogen-bond donors (Lipinski definition) is 0. The molecular weight excluding hydrogens is 268 g/mol. The summed E-state index contributed by atoms with van der Waals surface area (Å²) in [6.07, 6.45) is 6.15. The summed E-state index contributed by atoms with van der Waals surface area (Å²) in [4.78, 5) is 16.6. The van der Waals surface area contributed by atoms with Crippen molar-refractivity contribution in [2.24, 2.45) is 5.92 Å². The van der Waals surface area contributed by atoms with Gasteiger partial charge in [0.15, 0.2) is 5.79 Å². The van der Waals surface area contributed by atoms with Crippen LogP contribution in [0.3, 0.4) is 0 Å². The summed E-state index contributed by atoms with van der Waals surface area (Å²) in [6, 6.07) is 0.531. The largest absolute Gasteiger partial charge is 0.348 e. The van der Waals surface area contributed by atoms with E-state index in [-0.39, 0.29) is 11.8 Å². The molecule has 1 atom stereocenters. The summed E-state index contributed by atoms with van der Waals surface area (Å²) >= 11 is 0. The van der Waals surface area contributed by atoms with Crippen LogP contribution in [0.4, 0.5) is 4.79 Å². The first-order chi connectivity index (χ1) is 10.1. The Morgan fingerprint density at radius 2 is 1.86 bits per heavy atom. The molecule has 0 radical (unpaired) electrons. The lowest BCUT2D eigenvalue weighted by Gasteiger charge is -2.41. The van der Waals surface area contributed by atoms with Gasteiger partial charge in [0, 0.05) is 39.0 Å². The molecule has 1 unspecified atom stereocenters. The lowest BCUT2D eigenvalue weighted by molar-refractivity contribution is -0.182. The van der Waals surface area contributed by atoms with E-state index in [4.69, 9.17) is 9.47 Å². The molecule has 3 fully saturated rings. The van der Waals surface area contributed by atoms with E-state index < -0.39 is 0 Å². The molecule has 5 heteroatoms. The fourth-order valence-electron chi connectivity index (χ4n) is 3.96. The van der Waals surface area contributed by atoms with Crippen molar-refractivity contribution in [3.05, 3.63) is 0 Å². The standard InChI is InChI=1S/C16H28N2O3/c1-13-4-3-9-18(12-13)15(19)17(2)14-5-7-16(8-6-14)20-10-11-21-16/h13-14H,3-12H2,1-2H3. The van der Waals surface area contributed by atoms with E-state index in [1.807, 2.05) is 16.8 Å². The normalized spacial score (nSPS) is 29.8. The number of amides is 2. The third-order valence-corrected chi connectivity index (χ3v) is 5.31. The number of likely N-dealkylation sites (tertiary alicyclic amines) is 1. The zero-order valence-electron chi connectivity index (χ0n) is 13.3. The maximum Gasteiger partial charge on any atom is 0.319 e. The van der Waals surface area contributed by atoms with Crippen molar-refractivity contribution >= 4 is 6.03 Å². The molecule has 5 nitrogen and oxygen atoms in total. The molecule has 2 aliphatic heterocycles. The molecule has 2 saturated heterocycles. The number of ether oxygens (including phenoxy) is 2. The fraction of sp³-hybridized carbons (Fsp3) is 0.938. The Morgan fingerprint density at radius 3 is 2.48 bits per heavy atom. The van der Waals surface area contributed by atoms with Crippen LogP contribution in [0.25, 0.3) is 0 Å². The van der Waals surface area contributed by atoms with Crippen LogP contribution in [0.1, 0.15) is 45.4 Å². The number of carbonyl (C=O) groups excluding carboxylic acids is 1. The van der Waals surface area contributed by atoms with Crippen LogP contribution in [0.5, 0.6) is 0 Å². The highest BCUT2D eigenvalue weighted by molar-refractivity contribution is 5.74. The molecule has 1 aliphatic carbocycles. The first-order valence-corrected chi connectivity index (χ1v) is 8.39. The monoisotopic (exact) mass is 296 g/mol. The Kier molecular flexibility index (Phi) is 4.41. The predicted octanol–water partition coefficient (Wildman–Crippen LogP) is 2.46. The highest BCUT2D eigenvalue weighted by Gasteiger charge is 2.42. The topological polar surface area (TPSA) is 42.0 Å². The molecule has 0 aromatic rings. The van der Waals surface area contributed by atoms with Gasteiger partial charge in [-0.25, -0.2) is 4.79 Å². The van der Waals surface area contributed by atoms with E-state index in [0.29, 0.717) is 25.2 Å². The van der Waals surface area contributed by atoms with Gasteiger partial charge in [-0.1, -0.05) is 6.92 Å². The van der Waals surface area contributed by atoms with Crippen LogP contribution < -0.4 is 0 Å². The van der Waals surface area contributed by atoms with Gasteiger partial charge in [-0.3, -0.25) is 0 Å². The second-order valence-electron chi connectivity index (χ2n) is 6.93. The number of piperidine rings is 1. The molecule has 2 heterocycles. The number of hydrogen-bond acceptors (Lipinski definition) is 3. The van der Waals surface area contributed by atoms with Crippen molar-refractivity contribution in [3.63, 3.8) is 0 Å². The molecule has 0 bridgehead atoms. The van der Waals surface area contributed by atoms with Gasteiger partial charge in [-0.2, -0.15) is 0 Å². The van der Waals surface area contributed by atoms with Gasteiger partial charge in [-0.15, -0.1) is 0 Å². The van der Waals surface area contributed by atoms with Gasteiger partial charge in [0.1, 0.15) is 0 Å². The molecule has 3 rings (SSSR count). The number of carbonyl (C=O) groups is 1. The average molecular weight is 296 g/mol. The SMILES string of the molecule is CC1CCCN(C(=O)N(C)C2CCC3(CC2)OCCO3)C1. The molecule has 21 heavy (non-hydrogen) atoms. The van der Waals surface area contributed by atoms with E-state index in [1.165, 1.54) is 6.42 Å². The minimum Gasteiger partial charge on any atom is -0.348 e. The predicted molar refractivity (Wildman–Crippen MR) is 80.0 cm³/mol. The Balaban J connectivity index is 1.53. The third-order valence-electron chi connectivity index (χ3n) is 5.31. The Bertz CT molecular complexity index is 372. The molecule has 2 amide bonds. The first-order valence-electron chi connectivity index (χ1n) is 8.39. The van der Waals surface area contributed by atoms with Crippen LogP contribution in [-0.4, -0.2) is 61.0 Å². The smallest absolute Gasteiger partial charge is 0.319 e. The van der Waals surface area contributed by atoms with Gasteiger partial charge < -0.3 is 19.3 Å². The van der Waals surface area contributed by atoms with Gasteiger partial charge >= 0.3 is 6.03 Å². The van der Waals surface area contributed by atoms with Crippen LogP contribution in [0.2, 0.25) is 0 Å². The highest BCUT2D eigenvalue weighted by atomic mass is 16.7. The Morgan fingerprint density at radius 1 is 1.19 bits per heavy atom. The van der Waals surface area contributed by atoms with Crippen LogP contribution in [0, 0.1) is 5.92 Å². The number of rotatable bonds is 1. The van der Waals surface area contributed by atoms with E-state index in [1.54, 1.807) is 0 Å². The maximum atomic E-state index is 12.6. The van der Waals surface area contributed by atoms with Crippen molar-refractivity contribution < 1.29 is 14.3 Å². The van der Waals surface area contributed by atoms with Crippen LogP contribution in [-0.2, 0) is 9.47 Å². The summed E-state index contributed by atoms with van der Waals surface area (Å²) in [6.45, 7) is 5.48. The van der Waals surface area contributed by atoms with Crippen molar-refractivity contribution in [1.29, 1.82) is 0 Å². The molecule has 1 saturated carbocycles. The van der Waals surface area contributed by atoms with Gasteiger partial charge in [0.2, 0.25) is 0 Å². The lowest BCUT2D eigenvalue weighted by Crippen LogP contribution is -2.51. The quantitative estimate of drug-likeness (QED) is 0.746. The van der Waals surface area contributed by atoms with Crippen LogP contribution in [0.15, 0.2) is 0 Å². The molecule has 0 N–H and O–H groups in total. The summed E-state index contributed by atoms with van der Waals surface area (Å²) in [5, 5.41) is 0. The minimum atomic E-state index is -0.333. The van der Waals surface area contributed by atoms with Crippen molar-refractivity contribution in [1.82, 2.24) is 9.80 Å². The fourth-order valence-corrected chi connectivity index (χ4v) is 3.96. The third kappa shape index (κ3) is 3.19. The Labute approximate surface area is 127 Å². The van der Waals surface area contributed by atoms with E-state index in [2.05, 4.69) is 6.92 Å². The van der Waals surface area contributed by atoms with Gasteiger partial charge in [0.05, 0.1) is 13.2 Å². The first kappa shape index (κ1) is 15.1. The summed E-state index contributed by atoms with van der Waals surface area (Å²) < 4.78 is 11.5. The highest BCUT2D eigenvalue weighted by Crippen LogP contribution is 2.37. The molecule has 120 valence electrons. The van der Waals surface area contributed by atoms with Crippen LogP contribution >= 0.6 is 0 Å². The maximum absolute atomic E-state index is 12.6. The molecule has 1 spiro atoms. The summed E-state index contributed by atoms with van der Waals surface area (Å²) in [5.74, 6) is 0.297. The number of urea groups is 1. The molecule has 3 aliphatic rings. The van der Waals surface area contributed by atoms with E-state index >= 15 is 0 Å². The van der Waals surface area contributed by atoms with E-state index in [0.717, 1.165) is 45.2 Å². The van der Waals surface area contributed by atoms with Crippen molar-refractivity contribution in [3.8, 4) is 0 Å². The lowest BCUT2D eigenvalue weighted by atomic mass is 9.89. The van der Waals surface area contributed by atoms with Crippen molar-refractivity contribution in [2.75, 3.05) is 33.4 Å². The van der Waals surface area contributed by atoms with E-state index in [9.17, 15) is 4.79 Å². The second kappa shape index (κ2) is 6.13. The molecule has 0 aromatic heterocycles. The van der Waals surface area contributed by atoms with Crippen molar-refractivity contribution in [2.45, 2.75) is 57.3 Å². The zero-order chi connectivity index (χ0) is 14.9. The minimum absolute atomic E-state index is 0.204. The summed E-state index contributed by atoms with van der Waals surface area (Å²) in [5.41, 5.74) is 0. The Hall–Kier alpha value is -0.810. The molecular formula is C16H28N2O3. The summed E-state index contributed by atoms with van der Waals surface area (Å²) in [7, 11) is 1.96. The van der Waals surface area contributed by atoms with Gasteiger partial charge in [-0.05, 0) is 31.6 Å². The average Bonchev–Trinajstić information content (AvgIpc) is 2.95. The molecule has 0 aromatic carbocycles. The zero-order valence-corrected chi connectivity index (χ0v) is 13.3. The van der Waals surface area contributed by atoms with Gasteiger partial charge in [0.25, 0.3) is 0 Å². The number of nitrogens with zero attached hydrogens (tertiary/aromatic N) is 2.